The highest BCUT2D eigenvalue weighted by Gasteiger charge is 2.20. The van der Waals surface area contributed by atoms with Crippen molar-refractivity contribution in [3.63, 3.8) is 0 Å². The van der Waals surface area contributed by atoms with Crippen molar-refractivity contribution in [1.82, 2.24) is 20.3 Å². The fraction of sp³-hybridized carbons (Fsp3) is 0.312. The molecular formula is C16H16N6O4. The Labute approximate surface area is 148 Å². The van der Waals surface area contributed by atoms with Crippen LogP contribution in [0.4, 0.5) is 11.6 Å². The maximum Gasteiger partial charge on any atom is 0.341 e. The molecule has 1 aliphatic rings. The molecule has 3 rings (SSSR count). The number of carbonyl (C=O) groups is 1. The Hall–Kier alpha value is -3.45. The normalized spacial score (nSPS) is 15.9. The minimum absolute atomic E-state index is 0.0540. The molecule has 26 heavy (non-hydrogen) atoms. The van der Waals surface area contributed by atoms with Gasteiger partial charge < -0.3 is 25.2 Å². The number of carboxylic acids is 1. The van der Waals surface area contributed by atoms with Crippen LogP contribution in [0.5, 0.6) is 11.6 Å². The topological polar surface area (TPSA) is 142 Å². The molecule has 0 saturated carbocycles. The van der Waals surface area contributed by atoms with E-state index in [1.54, 1.807) is 0 Å². The molecule has 1 fully saturated rings. The van der Waals surface area contributed by atoms with Gasteiger partial charge in [0.05, 0.1) is 13.3 Å². The van der Waals surface area contributed by atoms with Crippen LogP contribution in [0.3, 0.4) is 0 Å². The maximum absolute atomic E-state index is 11.1. The van der Waals surface area contributed by atoms with E-state index in [0.717, 1.165) is 13.0 Å². The Morgan fingerprint density at radius 3 is 2.92 bits per heavy atom. The van der Waals surface area contributed by atoms with Gasteiger partial charge in [0.1, 0.15) is 29.3 Å². The molecule has 0 amide bonds. The van der Waals surface area contributed by atoms with E-state index in [9.17, 15) is 10.1 Å². The first kappa shape index (κ1) is 17.4. The van der Waals surface area contributed by atoms with Crippen molar-refractivity contribution in [3.8, 4) is 17.7 Å². The van der Waals surface area contributed by atoms with Crippen LogP contribution in [0.1, 0.15) is 22.5 Å². The SMILES string of the molecule is COc1cc(Nc2cnc(C#N)c(OC3CCNC3)n2)ncc1C(=O)O. The molecule has 1 unspecified atom stereocenters. The van der Waals surface area contributed by atoms with Crippen molar-refractivity contribution < 1.29 is 19.4 Å². The van der Waals surface area contributed by atoms with Gasteiger partial charge in [-0.05, 0) is 13.0 Å². The van der Waals surface area contributed by atoms with Crippen molar-refractivity contribution in [1.29, 1.82) is 5.26 Å². The summed E-state index contributed by atoms with van der Waals surface area (Å²) < 4.78 is 10.8. The van der Waals surface area contributed by atoms with Crippen molar-refractivity contribution in [2.45, 2.75) is 12.5 Å². The number of aromatic carboxylic acids is 1. The number of methoxy groups -OCH3 is 1. The second-order valence-electron chi connectivity index (χ2n) is 5.45. The smallest absolute Gasteiger partial charge is 0.341 e. The first-order valence-corrected chi connectivity index (χ1v) is 7.79. The quantitative estimate of drug-likeness (QED) is 0.684. The molecule has 3 N–H and O–H groups in total. The largest absolute Gasteiger partial charge is 0.496 e. The number of carboxylic acid groups (broad SMARTS) is 1. The summed E-state index contributed by atoms with van der Waals surface area (Å²) in [6.07, 6.45) is 3.30. The number of ether oxygens (including phenoxy) is 2. The molecule has 1 aliphatic heterocycles. The standard InChI is InChI=1S/C16H16N6O4/c1-25-12-4-13(20-7-10(12)16(23)24)21-14-8-19-11(5-17)15(22-14)26-9-2-3-18-6-9/h4,7-9,18H,2-3,6H2,1H3,(H,23,24)(H,20,21,22). The molecule has 1 saturated heterocycles. The molecule has 0 aliphatic carbocycles. The second kappa shape index (κ2) is 7.62. The van der Waals surface area contributed by atoms with Gasteiger partial charge in [-0.2, -0.15) is 10.2 Å². The summed E-state index contributed by atoms with van der Waals surface area (Å²) in [6.45, 7) is 1.52. The minimum atomic E-state index is -1.14. The molecular weight excluding hydrogens is 340 g/mol. The molecule has 0 spiro atoms. The van der Waals surface area contributed by atoms with Crippen LogP contribution in [-0.2, 0) is 0 Å². The summed E-state index contributed by atoms with van der Waals surface area (Å²) in [4.78, 5) is 23.5. The van der Waals surface area contributed by atoms with E-state index in [1.807, 2.05) is 6.07 Å². The monoisotopic (exact) mass is 356 g/mol. The number of nitrogens with one attached hydrogen (secondary N) is 2. The molecule has 0 aromatic carbocycles. The van der Waals surface area contributed by atoms with E-state index in [0.29, 0.717) is 18.2 Å². The summed E-state index contributed by atoms with van der Waals surface area (Å²) in [6, 6.07) is 3.39. The van der Waals surface area contributed by atoms with Crippen LogP contribution in [0.2, 0.25) is 0 Å². The predicted octanol–water partition coefficient (Wildman–Crippen LogP) is 0.934. The Kier molecular flexibility index (Phi) is 5.09. The number of pyridine rings is 1. The number of aromatic nitrogens is 3. The highest BCUT2D eigenvalue weighted by Crippen LogP contribution is 2.24. The third-order valence-corrected chi connectivity index (χ3v) is 3.71. The highest BCUT2D eigenvalue weighted by atomic mass is 16.5. The Balaban J connectivity index is 1.83. The van der Waals surface area contributed by atoms with Gasteiger partial charge in [0.25, 0.3) is 5.88 Å². The van der Waals surface area contributed by atoms with E-state index in [-0.39, 0.29) is 29.0 Å². The minimum Gasteiger partial charge on any atom is -0.496 e. The van der Waals surface area contributed by atoms with Gasteiger partial charge in [-0.15, -0.1) is 0 Å². The Morgan fingerprint density at radius 2 is 2.27 bits per heavy atom. The van der Waals surface area contributed by atoms with Crippen molar-refractivity contribution in [2.75, 3.05) is 25.5 Å². The van der Waals surface area contributed by atoms with E-state index < -0.39 is 5.97 Å². The first-order valence-electron chi connectivity index (χ1n) is 7.79. The molecule has 10 nitrogen and oxygen atoms in total. The van der Waals surface area contributed by atoms with Crippen LogP contribution in [0.25, 0.3) is 0 Å². The van der Waals surface area contributed by atoms with Crippen molar-refractivity contribution in [2.24, 2.45) is 0 Å². The molecule has 10 heteroatoms. The number of hydrogen-bond donors (Lipinski definition) is 3. The molecule has 2 aromatic rings. The van der Waals surface area contributed by atoms with Crippen LogP contribution >= 0.6 is 0 Å². The van der Waals surface area contributed by atoms with Gasteiger partial charge in [-0.3, -0.25) is 0 Å². The molecule has 2 aromatic heterocycles. The molecule has 1 atom stereocenters. The van der Waals surface area contributed by atoms with E-state index >= 15 is 0 Å². The number of hydrogen-bond acceptors (Lipinski definition) is 9. The van der Waals surface area contributed by atoms with Crippen LogP contribution in [0, 0.1) is 11.3 Å². The van der Waals surface area contributed by atoms with E-state index in [1.165, 1.54) is 25.6 Å². The fourth-order valence-electron chi connectivity index (χ4n) is 2.44. The lowest BCUT2D eigenvalue weighted by Crippen LogP contribution is -2.21. The summed E-state index contributed by atoms with van der Waals surface area (Å²) >= 11 is 0. The third kappa shape index (κ3) is 3.79. The van der Waals surface area contributed by atoms with Gasteiger partial charge in [0.2, 0.25) is 5.69 Å². The Morgan fingerprint density at radius 1 is 1.42 bits per heavy atom. The van der Waals surface area contributed by atoms with Crippen LogP contribution in [-0.4, -0.2) is 52.3 Å². The first-order chi connectivity index (χ1) is 12.6. The molecule has 0 bridgehead atoms. The number of anilines is 2. The lowest BCUT2D eigenvalue weighted by molar-refractivity contribution is 0.0693. The number of nitriles is 1. The second-order valence-corrected chi connectivity index (χ2v) is 5.45. The average molecular weight is 356 g/mol. The fourth-order valence-corrected chi connectivity index (χ4v) is 2.44. The average Bonchev–Trinajstić information content (AvgIpc) is 3.14. The predicted molar refractivity (Wildman–Crippen MR) is 89.7 cm³/mol. The van der Waals surface area contributed by atoms with Crippen LogP contribution in [0.15, 0.2) is 18.5 Å². The van der Waals surface area contributed by atoms with Crippen LogP contribution < -0.4 is 20.1 Å². The van der Waals surface area contributed by atoms with Crippen molar-refractivity contribution >= 4 is 17.6 Å². The maximum atomic E-state index is 11.1. The lowest BCUT2D eigenvalue weighted by Gasteiger charge is -2.13. The summed E-state index contributed by atoms with van der Waals surface area (Å²) in [5.41, 5.74) is 0.0379. The summed E-state index contributed by atoms with van der Waals surface area (Å²) in [7, 11) is 1.37. The van der Waals surface area contributed by atoms with Crippen molar-refractivity contribution in [3.05, 3.63) is 29.7 Å². The van der Waals surface area contributed by atoms with Gasteiger partial charge in [0, 0.05) is 18.8 Å². The molecule has 0 radical (unpaired) electrons. The Bertz CT molecular complexity index is 860. The number of rotatable bonds is 6. The summed E-state index contributed by atoms with van der Waals surface area (Å²) in [5.74, 6) is -0.215. The zero-order valence-electron chi connectivity index (χ0n) is 13.9. The zero-order chi connectivity index (χ0) is 18.5. The van der Waals surface area contributed by atoms with E-state index in [2.05, 4.69) is 25.6 Å². The molecule has 134 valence electrons. The third-order valence-electron chi connectivity index (χ3n) is 3.71. The zero-order valence-corrected chi connectivity index (χ0v) is 13.9. The lowest BCUT2D eigenvalue weighted by atomic mass is 10.2. The van der Waals surface area contributed by atoms with Gasteiger partial charge >= 0.3 is 5.97 Å². The van der Waals surface area contributed by atoms with Gasteiger partial charge in [-0.25, -0.2) is 14.8 Å². The number of nitrogens with zero attached hydrogens (tertiary/aromatic N) is 4. The van der Waals surface area contributed by atoms with Gasteiger partial charge in [0.15, 0.2) is 5.82 Å². The summed E-state index contributed by atoms with van der Waals surface area (Å²) in [5, 5.41) is 24.3. The highest BCUT2D eigenvalue weighted by molar-refractivity contribution is 5.91. The van der Waals surface area contributed by atoms with Gasteiger partial charge in [-0.1, -0.05) is 0 Å². The molecule has 3 heterocycles. The van der Waals surface area contributed by atoms with E-state index in [4.69, 9.17) is 14.6 Å².